The van der Waals surface area contributed by atoms with E-state index in [1.54, 1.807) is 18.2 Å². The molecule has 0 spiro atoms. The zero-order valence-electron chi connectivity index (χ0n) is 7.78. The summed E-state index contributed by atoms with van der Waals surface area (Å²) < 4.78 is 0. The second-order valence-corrected chi connectivity index (χ2v) is 2.69. The van der Waals surface area contributed by atoms with E-state index in [1.165, 1.54) is 13.0 Å². The Kier molecular flexibility index (Phi) is 3.60. The number of H-pyrrole nitrogens is 1. The third kappa shape index (κ3) is 3.66. The molecule has 0 aliphatic heterocycles. The summed E-state index contributed by atoms with van der Waals surface area (Å²) in [5.74, 6) is -0.0796. The summed E-state index contributed by atoms with van der Waals surface area (Å²) in [7, 11) is 0. The quantitative estimate of drug-likeness (QED) is 0.705. The number of rotatable bonds is 3. The zero-order valence-corrected chi connectivity index (χ0v) is 7.78. The van der Waals surface area contributed by atoms with Crippen LogP contribution in [0.2, 0.25) is 0 Å². The highest BCUT2D eigenvalue weighted by molar-refractivity contribution is 5.73. The normalized spacial score (nSPS) is 10.4. The zero-order chi connectivity index (χ0) is 10.4. The third-order valence-electron chi connectivity index (χ3n) is 1.46. The van der Waals surface area contributed by atoms with Gasteiger partial charge in [0.1, 0.15) is 0 Å². The van der Waals surface area contributed by atoms with Crippen LogP contribution in [0.5, 0.6) is 0 Å². The fraction of sp³-hybridized carbons (Fsp3) is 0.222. The summed E-state index contributed by atoms with van der Waals surface area (Å²) in [6, 6.07) is 2.99. The Bertz CT molecular complexity index is 375. The molecule has 0 aromatic carbocycles. The molecular weight excluding hydrogens is 182 g/mol. The summed E-state index contributed by atoms with van der Waals surface area (Å²) in [5.41, 5.74) is 0.416. The molecule has 0 saturated carbocycles. The molecule has 0 saturated heterocycles. The number of nitrogens with one attached hydrogen (secondary N) is 2. The van der Waals surface area contributed by atoms with Gasteiger partial charge in [0.15, 0.2) is 0 Å². The second kappa shape index (κ2) is 4.96. The molecule has 0 bridgehead atoms. The smallest absolute Gasteiger partial charge is 0.264 e. The molecule has 74 valence electrons. The van der Waals surface area contributed by atoms with Crippen LogP contribution in [0.1, 0.15) is 12.6 Å². The van der Waals surface area contributed by atoms with E-state index in [2.05, 4.69) is 15.5 Å². The fourth-order valence-corrected chi connectivity index (χ4v) is 0.830. The van der Waals surface area contributed by atoms with E-state index in [-0.39, 0.29) is 11.5 Å². The van der Waals surface area contributed by atoms with Crippen LogP contribution in [0.15, 0.2) is 23.0 Å². The molecule has 0 fully saturated rings. The summed E-state index contributed by atoms with van der Waals surface area (Å²) in [6.07, 6.45) is 3.47. The van der Waals surface area contributed by atoms with Crippen LogP contribution < -0.4 is 10.9 Å². The minimum atomic E-state index is -0.232. The van der Waals surface area contributed by atoms with Crippen LogP contribution in [-0.4, -0.2) is 22.6 Å². The number of hydrogen-bond donors (Lipinski definition) is 2. The van der Waals surface area contributed by atoms with Crippen molar-refractivity contribution in [2.45, 2.75) is 6.92 Å². The standard InChI is InChI=1S/C9H11N3O2/c1-7(13)10-6-2-3-8-4-5-9(14)12-11-8/h2-5H,6H2,1H3,(H,10,13)(H,12,14). The maximum Gasteiger partial charge on any atom is 0.264 e. The van der Waals surface area contributed by atoms with Gasteiger partial charge >= 0.3 is 0 Å². The lowest BCUT2D eigenvalue weighted by molar-refractivity contribution is -0.118. The number of carbonyl (C=O) groups excluding carboxylic acids is 1. The van der Waals surface area contributed by atoms with Gasteiger partial charge in [-0.25, -0.2) is 5.10 Å². The Morgan fingerprint density at radius 3 is 3.00 bits per heavy atom. The molecule has 1 amide bonds. The van der Waals surface area contributed by atoms with Crippen LogP contribution in [-0.2, 0) is 4.79 Å². The molecule has 1 aromatic heterocycles. The van der Waals surface area contributed by atoms with Crippen molar-refractivity contribution in [2.75, 3.05) is 6.54 Å². The van der Waals surface area contributed by atoms with Crippen molar-refractivity contribution in [3.05, 3.63) is 34.3 Å². The molecule has 1 aromatic rings. The number of aromatic nitrogens is 2. The molecule has 1 heterocycles. The van der Waals surface area contributed by atoms with Crippen LogP contribution in [0.4, 0.5) is 0 Å². The van der Waals surface area contributed by atoms with Gasteiger partial charge in [0, 0.05) is 19.5 Å². The Labute approximate surface area is 80.8 Å². The van der Waals surface area contributed by atoms with Crippen molar-refractivity contribution >= 4 is 12.0 Å². The third-order valence-corrected chi connectivity index (χ3v) is 1.46. The first-order valence-electron chi connectivity index (χ1n) is 4.15. The van der Waals surface area contributed by atoms with Gasteiger partial charge in [0.25, 0.3) is 5.56 Å². The largest absolute Gasteiger partial charge is 0.353 e. The molecule has 5 nitrogen and oxygen atoms in total. The average Bonchev–Trinajstić information content (AvgIpc) is 2.15. The van der Waals surface area contributed by atoms with Crippen molar-refractivity contribution in [3.8, 4) is 0 Å². The number of nitrogens with zero attached hydrogens (tertiary/aromatic N) is 1. The molecule has 5 heteroatoms. The first-order valence-corrected chi connectivity index (χ1v) is 4.15. The van der Waals surface area contributed by atoms with Crippen LogP contribution in [0, 0.1) is 0 Å². The Hall–Kier alpha value is -1.91. The molecule has 0 atom stereocenters. The highest BCUT2D eigenvalue weighted by atomic mass is 16.1. The van der Waals surface area contributed by atoms with Gasteiger partial charge in [-0.15, -0.1) is 0 Å². The van der Waals surface area contributed by atoms with E-state index >= 15 is 0 Å². The van der Waals surface area contributed by atoms with Gasteiger partial charge in [0.05, 0.1) is 5.69 Å². The van der Waals surface area contributed by atoms with Crippen molar-refractivity contribution in [2.24, 2.45) is 0 Å². The predicted octanol–water partition coefficient (Wildman–Crippen LogP) is -0.0808. The lowest BCUT2D eigenvalue weighted by atomic mass is 10.3. The van der Waals surface area contributed by atoms with Gasteiger partial charge < -0.3 is 5.32 Å². The number of amides is 1. The maximum absolute atomic E-state index is 10.6. The number of carbonyl (C=O) groups is 1. The molecule has 1 rings (SSSR count). The summed E-state index contributed by atoms with van der Waals surface area (Å²) in [4.78, 5) is 21.1. The van der Waals surface area contributed by atoms with E-state index in [4.69, 9.17) is 0 Å². The SMILES string of the molecule is CC(=O)NCC=Cc1ccc(=O)[nH]n1. The van der Waals surface area contributed by atoms with Crippen molar-refractivity contribution < 1.29 is 4.79 Å². The lowest BCUT2D eigenvalue weighted by Gasteiger charge is -1.94. The molecule has 14 heavy (non-hydrogen) atoms. The highest BCUT2D eigenvalue weighted by Gasteiger charge is 1.88. The lowest BCUT2D eigenvalue weighted by Crippen LogP contribution is -2.19. The Morgan fingerprint density at radius 1 is 1.64 bits per heavy atom. The molecule has 0 aliphatic carbocycles. The second-order valence-electron chi connectivity index (χ2n) is 2.69. The van der Waals surface area contributed by atoms with Crippen LogP contribution in [0.25, 0.3) is 6.08 Å². The molecule has 0 aliphatic rings. The van der Waals surface area contributed by atoms with Crippen molar-refractivity contribution in [1.82, 2.24) is 15.5 Å². The monoisotopic (exact) mass is 193 g/mol. The first-order chi connectivity index (χ1) is 6.68. The van der Waals surface area contributed by atoms with E-state index in [9.17, 15) is 9.59 Å². The Balaban J connectivity index is 2.48. The van der Waals surface area contributed by atoms with Crippen LogP contribution in [0.3, 0.4) is 0 Å². The molecule has 0 radical (unpaired) electrons. The number of aromatic amines is 1. The maximum atomic E-state index is 10.6. The molecule has 0 unspecified atom stereocenters. The first kappa shape index (κ1) is 10.2. The van der Waals surface area contributed by atoms with E-state index in [1.807, 2.05) is 0 Å². The summed E-state index contributed by atoms with van der Waals surface area (Å²) in [5, 5.41) is 8.67. The van der Waals surface area contributed by atoms with Gasteiger partial charge in [-0.1, -0.05) is 6.08 Å². The molecular formula is C9H11N3O2. The van der Waals surface area contributed by atoms with E-state index in [0.717, 1.165) is 0 Å². The fourth-order valence-electron chi connectivity index (χ4n) is 0.830. The van der Waals surface area contributed by atoms with Crippen molar-refractivity contribution in [1.29, 1.82) is 0 Å². The van der Waals surface area contributed by atoms with E-state index in [0.29, 0.717) is 12.2 Å². The van der Waals surface area contributed by atoms with Gasteiger partial charge in [-0.3, -0.25) is 9.59 Å². The predicted molar refractivity (Wildman–Crippen MR) is 52.6 cm³/mol. The minimum Gasteiger partial charge on any atom is -0.353 e. The minimum absolute atomic E-state index is 0.0796. The van der Waals surface area contributed by atoms with E-state index < -0.39 is 0 Å². The summed E-state index contributed by atoms with van der Waals surface area (Å²) >= 11 is 0. The van der Waals surface area contributed by atoms with Crippen molar-refractivity contribution in [3.63, 3.8) is 0 Å². The highest BCUT2D eigenvalue weighted by Crippen LogP contribution is 1.90. The van der Waals surface area contributed by atoms with Gasteiger partial charge in [-0.05, 0) is 12.1 Å². The average molecular weight is 193 g/mol. The summed E-state index contributed by atoms with van der Waals surface area (Å²) in [6.45, 7) is 1.90. The Morgan fingerprint density at radius 2 is 2.43 bits per heavy atom. The van der Waals surface area contributed by atoms with Gasteiger partial charge in [-0.2, -0.15) is 5.10 Å². The molecule has 2 N–H and O–H groups in total. The van der Waals surface area contributed by atoms with Crippen LogP contribution >= 0.6 is 0 Å². The number of hydrogen-bond acceptors (Lipinski definition) is 3. The topological polar surface area (TPSA) is 74.8 Å². The van der Waals surface area contributed by atoms with Gasteiger partial charge in [0.2, 0.25) is 5.91 Å².